The molecule has 0 unspecified atom stereocenters. The maximum atomic E-state index is 13.3. The summed E-state index contributed by atoms with van der Waals surface area (Å²) in [6.45, 7) is 1.55. The van der Waals surface area contributed by atoms with E-state index < -0.39 is 0 Å². The van der Waals surface area contributed by atoms with E-state index >= 15 is 0 Å². The van der Waals surface area contributed by atoms with Gasteiger partial charge >= 0.3 is 0 Å². The smallest absolute Gasteiger partial charge is 0.178 e. The van der Waals surface area contributed by atoms with Gasteiger partial charge in [-0.3, -0.25) is 4.68 Å². The number of aromatic nitrogens is 4. The topological polar surface area (TPSA) is 38.5 Å². The average Bonchev–Trinajstić information content (AvgIpc) is 2.99. The van der Waals surface area contributed by atoms with Crippen molar-refractivity contribution in [1.29, 1.82) is 0 Å². The van der Waals surface area contributed by atoms with Gasteiger partial charge in [0.15, 0.2) is 4.77 Å². The number of nitrogens with zero attached hydrogens (tertiary/aromatic N) is 3. The van der Waals surface area contributed by atoms with Gasteiger partial charge in [0.2, 0.25) is 0 Å². The van der Waals surface area contributed by atoms with Crippen LogP contribution in [0.2, 0.25) is 0 Å². The second-order valence-electron chi connectivity index (χ2n) is 4.37. The summed E-state index contributed by atoms with van der Waals surface area (Å²) < 4.78 is 17.7. The van der Waals surface area contributed by atoms with Crippen molar-refractivity contribution in [3.05, 3.63) is 47.2 Å². The van der Waals surface area contributed by atoms with Gasteiger partial charge in [-0.15, -0.1) is 0 Å². The second-order valence-corrected chi connectivity index (χ2v) is 4.75. The molecule has 98 valence electrons. The molecule has 0 aliphatic carbocycles. The summed E-state index contributed by atoms with van der Waals surface area (Å²) >= 11 is 5.27. The van der Waals surface area contributed by atoms with Crippen molar-refractivity contribution in [3.63, 3.8) is 0 Å². The molecule has 0 radical (unpaired) electrons. The van der Waals surface area contributed by atoms with Gasteiger partial charge in [0.05, 0.1) is 11.0 Å². The first kappa shape index (κ1) is 12.1. The zero-order valence-electron chi connectivity index (χ0n) is 10.2. The van der Waals surface area contributed by atoms with Gasteiger partial charge in [0.25, 0.3) is 0 Å². The average molecular weight is 276 g/mol. The Hall–Kier alpha value is -1.95. The third-order valence-electron chi connectivity index (χ3n) is 3.07. The van der Waals surface area contributed by atoms with Crippen molar-refractivity contribution in [3.8, 4) is 0 Å². The minimum atomic E-state index is -0.248. The van der Waals surface area contributed by atoms with E-state index in [-0.39, 0.29) is 5.82 Å². The summed E-state index contributed by atoms with van der Waals surface area (Å²) in [5, 5.41) is 4.15. The summed E-state index contributed by atoms with van der Waals surface area (Å²) in [6, 6.07) is 6.55. The van der Waals surface area contributed by atoms with E-state index in [1.807, 2.05) is 21.5 Å². The molecule has 3 rings (SSSR count). The molecule has 0 fully saturated rings. The third-order valence-corrected chi connectivity index (χ3v) is 3.39. The van der Waals surface area contributed by atoms with Crippen LogP contribution in [0.15, 0.2) is 36.7 Å². The Bertz CT molecular complexity index is 742. The first-order valence-corrected chi connectivity index (χ1v) is 6.50. The molecule has 0 saturated carbocycles. The van der Waals surface area contributed by atoms with Gasteiger partial charge in [-0.05, 0) is 42.9 Å². The molecular formula is C13H13FN4S. The zero-order valence-corrected chi connectivity index (χ0v) is 11.0. The van der Waals surface area contributed by atoms with Crippen molar-refractivity contribution in [2.75, 3.05) is 0 Å². The van der Waals surface area contributed by atoms with E-state index in [0.29, 0.717) is 4.77 Å². The number of imidazole rings is 1. The van der Waals surface area contributed by atoms with Gasteiger partial charge in [0, 0.05) is 25.5 Å². The number of benzene rings is 1. The molecule has 0 spiro atoms. The Kier molecular flexibility index (Phi) is 3.16. The molecule has 19 heavy (non-hydrogen) atoms. The number of aryl methyl sites for hydroxylation is 2. The summed E-state index contributed by atoms with van der Waals surface area (Å²) in [4.78, 5) is 3.09. The number of nitrogens with one attached hydrogen (secondary N) is 1. The Morgan fingerprint density at radius 3 is 3.00 bits per heavy atom. The minimum absolute atomic E-state index is 0.248. The molecule has 0 bridgehead atoms. The number of hydrogen-bond acceptors (Lipinski definition) is 2. The number of rotatable bonds is 4. The summed E-state index contributed by atoms with van der Waals surface area (Å²) in [5.74, 6) is -0.248. The van der Waals surface area contributed by atoms with Gasteiger partial charge in [-0.2, -0.15) is 5.10 Å². The highest BCUT2D eigenvalue weighted by atomic mass is 32.1. The largest absolute Gasteiger partial charge is 0.331 e. The molecule has 0 aliphatic rings. The lowest BCUT2D eigenvalue weighted by Crippen LogP contribution is -2.04. The molecule has 0 atom stereocenters. The summed E-state index contributed by atoms with van der Waals surface area (Å²) in [6.07, 6.45) is 4.57. The lowest BCUT2D eigenvalue weighted by atomic mass is 10.3. The fraction of sp³-hybridized carbons (Fsp3) is 0.231. The normalized spacial score (nSPS) is 11.2. The predicted molar refractivity (Wildman–Crippen MR) is 73.9 cm³/mol. The van der Waals surface area contributed by atoms with Crippen LogP contribution >= 0.6 is 12.2 Å². The Morgan fingerprint density at radius 2 is 2.21 bits per heavy atom. The molecule has 2 heterocycles. The number of aromatic amines is 1. The van der Waals surface area contributed by atoms with Crippen molar-refractivity contribution >= 4 is 23.3 Å². The van der Waals surface area contributed by atoms with E-state index in [2.05, 4.69) is 10.1 Å². The lowest BCUT2D eigenvalue weighted by Gasteiger charge is -2.05. The second kappa shape index (κ2) is 4.97. The van der Waals surface area contributed by atoms with Gasteiger partial charge in [-0.25, -0.2) is 4.39 Å². The van der Waals surface area contributed by atoms with Gasteiger partial charge < -0.3 is 9.55 Å². The highest BCUT2D eigenvalue weighted by molar-refractivity contribution is 7.71. The molecule has 4 nitrogen and oxygen atoms in total. The maximum absolute atomic E-state index is 13.3. The van der Waals surface area contributed by atoms with E-state index in [1.165, 1.54) is 12.1 Å². The number of hydrogen-bond donors (Lipinski definition) is 1. The number of H-pyrrole nitrogens is 1. The first-order chi connectivity index (χ1) is 9.24. The molecule has 3 aromatic rings. The van der Waals surface area contributed by atoms with Gasteiger partial charge in [-0.1, -0.05) is 0 Å². The first-order valence-electron chi connectivity index (χ1n) is 6.09. The van der Waals surface area contributed by atoms with Crippen LogP contribution in [-0.4, -0.2) is 19.3 Å². The van der Waals surface area contributed by atoms with Crippen molar-refractivity contribution in [2.45, 2.75) is 19.5 Å². The lowest BCUT2D eigenvalue weighted by molar-refractivity contribution is 0.529. The molecule has 0 saturated heterocycles. The highest BCUT2D eigenvalue weighted by Gasteiger charge is 2.05. The summed E-state index contributed by atoms with van der Waals surface area (Å²) in [7, 11) is 0. The molecule has 1 N–H and O–H groups in total. The Morgan fingerprint density at radius 1 is 1.32 bits per heavy atom. The van der Waals surface area contributed by atoms with Crippen molar-refractivity contribution in [2.24, 2.45) is 0 Å². The summed E-state index contributed by atoms with van der Waals surface area (Å²) in [5.41, 5.74) is 1.68. The Labute approximate surface area is 114 Å². The van der Waals surface area contributed by atoms with Crippen LogP contribution in [0.25, 0.3) is 11.0 Å². The monoisotopic (exact) mass is 276 g/mol. The molecule has 0 amide bonds. The van der Waals surface area contributed by atoms with Crippen LogP contribution in [0.4, 0.5) is 4.39 Å². The molecule has 0 aliphatic heterocycles. The molecule has 2 aromatic heterocycles. The third kappa shape index (κ3) is 2.44. The van der Waals surface area contributed by atoms with Crippen LogP contribution in [0, 0.1) is 10.6 Å². The fourth-order valence-electron chi connectivity index (χ4n) is 2.17. The van der Waals surface area contributed by atoms with E-state index in [0.717, 1.165) is 30.5 Å². The van der Waals surface area contributed by atoms with Crippen molar-refractivity contribution < 1.29 is 4.39 Å². The molecule has 1 aromatic carbocycles. The Balaban J connectivity index is 1.82. The quantitative estimate of drug-likeness (QED) is 0.744. The minimum Gasteiger partial charge on any atom is -0.331 e. The van der Waals surface area contributed by atoms with Crippen LogP contribution < -0.4 is 0 Å². The van der Waals surface area contributed by atoms with E-state index in [9.17, 15) is 4.39 Å². The van der Waals surface area contributed by atoms with Crippen LogP contribution in [0.3, 0.4) is 0 Å². The molecular weight excluding hydrogens is 263 g/mol. The fourth-order valence-corrected chi connectivity index (χ4v) is 2.47. The van der Waals surface area contributed by atoms with E-state index in [1.54, 1.807) is 12.3 Å². The van der Waals surface area contributed by atoms with Gasteiger partial charge in [0.1, 0.15) is 5.82 Å². The SMILES string of the molecule is Fc1ccc2[nH]c(=S)n(CCCn3cccn3)c2c1. The highest BCUT2D eigenvalue weighted by Crippen LogP contribution is 2.16. The standard InChI is InChI=1S/C13H13FN4S/c14-10-3-4-11-12(9-10)18(13(19)16-11)8-2-7-17-6-1-5-15-17/h1,3-6,9H,2,7-8H2,(H,16,19). The number of fused-ring (bicyclic) bond motifs is 1. The molecule has 6 heteroatoms. The zero-order chi connectivity index (χ0) is 13.2. The van der Waals surface area contributed by atoms with Crippen LogP contribution in [-0.2, 0) is 13.1 Å². The van der Waals surface area contributed by atoms with Crippen LogP contribution in [0.1, 0.15) is 6.42 Å². The number of halogens is 1. The van der Waals surface area contributed by atoms with Crippen LogP contribution in [0.5, 0.6) is 0 Å². The van der Waals surface area contributed by atoms with Crippen molar-refractivity contribution in [1.82, 2.24) is 19.3 Å². The van der Waals surface area contributed by atoms with E-state index in [4.69, 9.17) is 12.2 Å². The predicted octanol–water partition coefficient (Wildman–Crippen LogP) is 3.12. The maximum Gasteiger partial charge on any atom is 0.178 e.